The first-order valence-electron chi connectivity index (χ1n) is 6.69. The number of carbonyl (C=O) groups excluding carboxylic acids is 1. The Balaban J connectivity index is 2.15. The van der Waals surface area contributed by atoms with Crippen LogP contribution < -0.4 is 0 Å². The van der Waals surface area contributed by atoms with E-state index in [4.69, 9.17) is 0 Å². The zero-order valence-electron chi connectivity index (χ0n) is 11.7. The summed E-state index contributed by atoms with van der Waals surface area (Å²) in [5.74, 6) is -1.25. The summed E-state index contributed by atoms with van der Waals surface area (Å²) in [4.78, 5) is 27.0. The van der Waals surface area contributed by atoms with Crippen LogP contribution in [0.15, 0.2) is 0 Å². The van der Waals surface area contributed by atoms with Gasteiger partial charge in [0, 0.05) is 19.1 Å². The molecule has 2 aliphatic rings. The standard InChI is InChI=1S/C13H22N2O4/c1-13(2,7-16)14(3)12(19)15-8-4-5-10(15)9(6-8)11(17)18/h8-10,16H,4-7H2,1-3H3,(H,17,18). The predicted molar refractivity (Wildman–Crippen MR) is 68.7 cm³/mol. The molecule has 2 amide bonds. The van der Waals surface area contributed by atoms with Crippen LogP contribution in [-0.4, -0.2) is 63.3 Å². The van der Waals surface area contributed by atoms with Gasteiger partial charge in [0.05, 0.1) is 18.1 Å². The summed E-state index contributed by atoms with van der Waals surface area (Å²) in [5, 5.41) is 18.5. The van der Waals surface area contributed by atoms with Crippen LogP contribution in [0.3, 0.4) is 0 Å². The summed E-state index contributed by atoms with van der Waals surface area (Å²) in [7, 11) is 1.66. The van der Waals surface area contributed by atoms with E-state index in [-0.39, 0.29) is 24.7 Å². The molecule has 2 rings (SSSR count). The second-order valence-electron chi connectivity index (χ2n) is 6.20. The van der Waals surface area contributed by atoms with Crippen LogP contribution in [0.2, 0.25) is 0 Å². The summed E-state index contributed by atoms with van der Waals surface area (Å²) in [6.45, 7) is 3.45. The predicted octanol–water partition coefficient (Wildman–Crippen LogP) is 0.747. The molecule has 2 saturated heterocycles. The Kier molecular flexibility index (Phi) is 3.47. The number of likely N-dealkylation sites (N-methyl/N-ethyl adjacent to an activating group) is 1. The number of aliphatic hydroxyl groups is 1. The van der Waals surface area contributed by atoms with Crippen LogP contribution in [-0.2, 0) is 4.79 Å². The Hall–Kier alpha value is -1.30. The van der Waals surface area contributed by atoms with Crippen LogP contribution in [0.1, 0.15) is 33.1 Å². The molecule has 0 aromatic heterocycles. The molecule has 0 aliphatic carbocycles. The Morgan fingerprint density at radius 3 is 2.47 bits per heavy atom. The number of amides is 2. The highest BCUT2D eigenvalue weighted by Gasteiger charge is 2.52. The lowest BCUT2D eigenvalue weighted by Crippen LogP contribution is -2.54. The smallest absolute Gasteiger partial charge is 0.320 e. The lowest BCUT2D eigenvalue weighted by atomic mass is 9.89. The molecule has 108 valence electrons. The average Bonchev–Trinajstić information content (AvgIpc) is 2.94. The van der Waals surface area contributed by atoms with E-state index in [0.29, 0.717) is 6.42 Å². The van der Waals surface area contributed by atoms with E-state index in [1.807, 2.05) is 0 Å². The third kappa shape index (κ3) is 2.18. The molecular formula is C13H22N2O4. The minimum absolute atomic E-state index is 0.0375. The summed E-state index contributed by atoms with van der Waals surface area (Å²) in [6, 6.07) is -0.321. The molecule has 6 heteroatoms. The van der Waals surface area contributed by atoms with Crippen molar-refractivity contribution in [3.63, 3.8) is 0 Å². The van der Waals surface area contributed by atoms with E-state index in [0.717, 1.165) is 12.8 Å². The molecular weight excluding hydrogens is 248 g/mol. The number of carboxylic acids is 1. The number of aliphatic hydroxyl groups excluding tert-OH is 1. The van der Waals surface area contributed by atoms with Crippen molar-refractivity contribution in [1.82, 2.24) is 9.80 Å². The van der Waals surface area contributed by atoms with Gasteiger partial charge < -0.3 is 20.0 Å². The monoisotopic (exact) mass is 270 g/mol. The van der Waals surface area contributed by atoms with Crippen LogP contribution in [0.25, 0.3) is 0 Å². The van der Waals surface area contributed by atoms with Crippen molar-refractivity contribution in [3.8, 4) is 0 Å². The Morgan fingerprint density at radius 1 is 1.37 bits per heavy atom. The van der Waals surface area contributed by atoms with E-state index < -0.39 is 17.4 Å². The van der Waals surface area contributed by atoms with Gasteiger partial charge in [-0.3, -0.25) is 4.79 Å². The number of carbonyl (C=O) groups is 2. The van der Waals surface area contributed by atoms with Crippen molar-refractivity contribution in [2.45, 2.75) is 50.7 Å². The van der Waals surface area contributed by atoms with Gasteiger partial charge >= 0.3 is 12.0 Å². The first kappa shape index (κ1) is 14.1. The molecule has 2 N–H and O–H groups in total. The molecule has 2 aliphatic heterocycles. The van der Waals surface area contributed by atoms with Crippen molar-refractivity contribution in [1.29, 1.82) is 0 Å². The van der Waals surface area contributed by atoms with Crippen molar-refractivity contribution in [2.75, 3.05) is 13.7 Å². The molecule has 6 nitrogen and oxygen atoms in total. The largest absolute Gasteiger partial charge is 0.481 e. The number of hydrogen-bond acceptors (Lipinski definition) is 3. The van der Waals surface area contributed by atoms with Crippen molar-refractivity contribution >= 4 is 12.0 Å². The van der Waals surface area contributed by atoms with Gasteiger partial charge in [0.1, 0.15) is 0 Å². The molecule has 0 saturated carbocycles. The van der Waals surface area contributed by atoms with Crippen LogP contribution >= 0.6 is 0 Å². The second kappa shape index (κ2) is 4.67. The summed E-state index contributed by atoms with van der Waals surface area (Å²) in [5.41, 5.74) is -0.641. The van der Waals surface area contributed by atoms with E-state index in [2.05, 4.69) is 0 Å². The number of rotatable bonds is 3. The fourth-order valence-corrected chi connectivity index (χ4v) is 3.09. The molecule has 19 heavy (non-hydrogen) atoms. The minimum atomic E-state index is -0.811. The molecule has 0 aromatic rings. The van der Waals surface area contributed by atoms with Crippen molar-refractivity contribution in [2.24, 2.45) is 5.92 Å². The molecule has 2 fully saturated rings. The Morgan fingerprint density at radius 2 is 2.00 bits per heavy atom. The van der Waals surface area contributed by atoms with Crippen LogP contribution in [0, 0.1) is 5.92 Å². The number of hydrogen-bond donors (Lipinski definition) is 2. The second-order valence-corrected chi connectivity index (χ2v) is 6.20. The van der Waals surface area contributed by atoms with E-state index in [9.17, 15) is 19.8 Å². The first-order chi connectivity index (χ1) is 8.79. The quantitative estimate of drug-likeness (QED) is 0.793. The summed E-state index contributed by atoms with van der Waals surface area (Å²) < 4.78 is 0. The number of carboxylic acid groups (broad SMARTS) is 1. The SMILES string of the molecule is CN(C(=O)N1C2CCC1C(C(=O)O)C2)C(C)(C)CO. The van der Waals surface area contributed by atoms with E-state index >= 15 is 0 Å². The van der Waals surface area contributed by atoms with E-state index in [1.165, 1.54) is 4.90 Å². The number of fused-ring (bicyclic) bond motifs is 2. The highest BCUT2D eigenvalue weighted by molar-refractivity contribution is 5.79. The maximum atomic E-state index is 12.5. The normalized spacial score (nSPS) is 29.7. The Labute approximate surface area is 113 Å². The maximum Gasteiger partial charge on any atom is 0.320 e. The molecule has 0 aromatic carbocycles. The summed E-state index contributed by atoms with van der Waals surface area (Å²) >= 11 is 0. The lowest BCUT2D eigenvalue weighted by molar-refractivity contribution is -0.142. The van der Waals surface area contributed by atoms with Crippen molar-refractivity contribution in [3.05, 3.63) is 0 Å². The van der Waals surface area contributed by atoms with Crippen molar-refractivity contribution < 1.29 is 19.8 Å². The van der Waals surface area contributed by atoms with Gasteiger partial charge in [0.25, 0.3) is 0 Å². The van der Waals surface area contributed by atoms with E-state index in [1.54, 1.807) is 25.8 Å². The van der Waals surface area contributed by atoms with Gasteiger partial charge in [-0.1, -0.05) is 0 Å². The molecule has 2 heterocycles. The number of nitrogens with zero attached hydrogens (tertiary/aromatic N) is 2. The lowest BCUT2D eigenvalue weighted by Gasteiger charge is -2.38. The number of urea groups is 1. The molecule has 3 unspecified atom stereocenters. The van der Waals surface area contributed by atoms with Gasteiger partial charge in [-0.25, -0.2) is 4.79 Å². The Bertz CT molecular complexity index is 396. The molecule has 0 radical (unpaired) electrons. The average molecular weight is 270 g/mol. The molecule has 0 spiro atoms. The maximum absolute atomic E-state index is 12.5. The third-order valence-electron chi connectivity index (χ3n) is 4.66. The van der Waals surface area contributed by atoms with Gasteiger partial charge in [0.2, 0.25) is 0 Å². The van der Waals surface area contributed by atoms with Gasteiger partial charge in [0.15, 0.2) is 0 Å². The summed E-state index contributed by atoms with van der Waals surface area (Å²) in [6.07, 6.45) is 2.20. The zero-order valence-corrected chi connectivity index (χ0v) is 11.7. The zero-order chi connectivity index (χ0) is 14.4. The van der Waals surface area contributed by atoms with Gasteiger partial charge in [-0.2, -0.15) is 0 Å². The van der Waals surface area contributed by atoms with Crippen LogP contribution in [0.5, 0.6) is 0 Å². The molecule has 2 bridgehead atoms. The topological polar surface area (TPSA) is 81.1 Å². The number of aliphatic carboxylic acids is 1. The highest BCUT2D eigenvalue weighted by Crippen LogP contribution is 2.42. The van der Waals surface area contributed by atoms with Crippen LogP contribution in [0.4, 0.5) is 4.79 Å². The fraction of sp³-hybridized carbons (Fsp3) is 0.846. The molecule has 3 atom stereocenters. The first-order valence-corrected chi connectivity index (χ1v) is 6.69. The third-order valence-corrected chi connectivity index (χ3v) is 4.66. The fourth-order valence-electron chi connectivity index (χ4n) is 3.09. The van der Waals surface area contributed by atoms with Gasteiger partial charge in [-0.15, -0.1) is 0 Å². The minimum Gasteiger partial charge on any atom is -0.481 e. The highest BCUT2D eigenvalue weighted by atomic mass is 16.4. The van der Waals surface area contributed by atoms with Gasteiger partial charge in [-0.05, 0) is 33.1 Å².